The number of nitrogens with zero attached hydrogens (tertiary/aromatic N) is 2. The third kappa shape index (κ3) is 2.04. The zero-order valence-corrected chi connectivity index (χ0v) is 9.27. The number of nitrogens with two attached hydrogens (primary N) is 1. The van der Waals surface area contributed by atoms with Crippen molar-refractivity contribution in [3.8, 4) is 11.4 Å². The Bertz CT molecular complexity index is 461. The van der Waals surface area contributed by atoms with Crippen LogP contribution in [0.5, 0.6) is 0 Å². The second kappa shape index (κ2) is 4.32. The van der Waals surface area contributed by atoms with Gasteiger partial charge in [-0.2, -0.15) is 4.98 Å². The predicted octanol–water partition coefficient (Wildman–Crippen LogP) is 2.15. The lowest BCUT2D eigenvalue weighted by Crippen LogP contribution is -2.06. The van der Waals surface area contributed by atoms with Crippen LogP contribution in [0.3, 0.4) is 0 Å². The molecule has 0 aliphatic carbocycles. The fraction of sp³-hybridized carbons (Fsp3) is 0.273. The van der Waals surface area contributed by atoms with Crippen molar-refractivity contribution in [1.29, 1.82) is 0 Å². The first-order valence-corrected chi connectivity index (χ1v) is 5.11. The van der Waals surface area contributed by atoms with Crippen LogP contribution in [0.15, 0.2) is 28.8 Å². The fourth-order valence-corrected chi connectivity index (χ4v) is 1.42. The van der Waals surface area contributed by atoms with Crippen molar-refractivity contribution in [1.82, 2.24) is 10.1 Å². The van der Waals surface area contributed by atoms with E-state index in [0.29, 0.717) is 11.7 Å². The summed E-state index contributed by atoms with van der Waals surface area (Å²) in [6.07, 6.45) is 0. The van der Waals surface area contributed by atoms with Gasteiger partial charge < -0.3 is 4.52 Å². The van der Waals surface area contributed by atoms with E-state index in [-0.39, 0.29) is 6.01 Å². The van der Waals surface area contributed by atoms with Gasteiger partial charge in [-0.25, -0.2) is 5.84 Å². The summed E-state index contributed by atoms with van der Waals surface area (Å²) in [5, 5.41) is 3.80. The van der Waals surface area contributed by atoms with Crippen molar-refractivity contribution in [2.24, 2.45) is 5.84 Å². The number of hydrogen-bond acceptors (Lipinski definition) is 5. The highest BCUT2D eigenvalue weighted by Crippen LogP contribution is 2.21. The predicted molar refractivity (Wildman–Crippen MR) is 61.6 cm³/mol. The monoisotopic (exact) mass is 218 g/mol. The van der Waals surface area contributed by atoms with Crippen LogP contribution in [0.2, 0.25) is 0 Å². The average molecular weight is 218 g/mol. The van der Waals surface area contributed by atoms with E-state index in [2.05, 4.69) is 41.5 Å². The second-order valence-corrected chi connectivity index (χ2v) is 3.84. The maximum absolute atomic E-state index is 5.16. The van der Waals surface area contributed by atoms with E-state index in [1.54, 1.807) is 0 Å². The molecule has 5 nitrogen and oxygen atoms in total. The minimum Gasteiger partial charge on any atom is -0.314 e. The third-order valence-electron chi connectivity index (χ3n) is 2.39. The molecule has 0 saturated heterocycles. The highest BCUT2D eigenvalue weighted by atomic mass is 16.5. The zero-order valence-electron chi connectivity index (χ0n) is 9.27. The van der Waals surface area contributed by atoms with Gasteiger partial charge in [-0.1, -0.05) is 43.3 Å². The Morgan fingerprint density at radius 2 is 1.94 bits per heavy atom. The van der Waals surface area contributed by atoms with Crippen molar-refractivity contribution in [3.63, 3.8) is 0 Å². The summed E-state index contributed by atoms with van der Waals surface area (Å²) in [6.45, 7) is 4.31. The molecule has 0 bridgehead atoms. The molecule has 0 atom stereocenters. The van der Waals surface area contributed by atoms with Gasteiger partial charge in [-0.3, -0.25) is 5.43 Å². The number of nitrogen functional groups attached to an aromatic ring is 1. The SMILES string of the molecule is CC(C)c1ccc(-c2noc(NN)n2)cc1. The van der Waals surface area contributed by atoms with Crippen LogP contribution in [0.25, 0.3) is 11.4 Å². The van der Waals surface area contributed by atoms with Gasteiger partial charge in [-0.05, 0) is 11.5 Å². The molecule has 0 amide bonds. The van der Waals surface area contributed by atoms with E-state index in [1.807, 2.05) is 12.1 Å². The van der Waals surface area contributed by atoms with Crippen molar-refractivity contribution in [3.05, 3.63) is 29.8 Å². The van der Waals surface area contributed by atoms with Crippen molar-refractivity contribution < 1.29 is 4.52 Å². The molecule has 0 aliphatic heterocycles. The number of aromatic nitrogens is 2. The quantitative estimate of drug-likeness (QED) is 0.609. The summed E-state index contributed by atoms with van der Waals surface area (Å²) < 4.78 is 4.85. The Balaban J connectivity index is 2.27. The number of benzene rings is 1. The molecule has 5 heteroatoms. The summed E-state index contributed by atoms with van der Waals surface area (Å²) in [5.41, 5.74) is 4.50. The van der Waals surface area contributed by atoms with E-state index in [4.69, 9.17) is 10.4 Å². The number of hydrazine groups is 1. The molecule has 0 aliphatic rings. The van der Waals surface area contributed by atoms with Crippen LogP contribution in [-0.4, -0.2) is 10.1 Å². The van der Waals surface area contributed by atoms with Gasteiger partial charge in [0.25, 0.3) is 0 Å². The number of rotatable bonds is 3. The topological polar surface area (TPSA) is 77.0 Å². The van der Waals surface area contributed by atoms with Gasteiger partial charge in [0.1, 0.15) is 0 Å². The van der Waals surface area contributed by atoms with E-state index >= 15 is 0 Å². The highest BCUT2D eigenvalue weighted by Gasteiger charge is 2.07. The number of hydrogen-bond donors (Lipinski definition) is 2. The lowest BCUT2D eigenvalue weighted by Gasteiger charge is -2.04. The van der Waals surface area contributed by atoms with Crippen molar-refractivity contribution in [2.75, 3.05) is 5.43 Å². The van der Waals surface area contributed by atoms with Crippen molar-refractivity contribution >= 4 is 6.01 Å². The van der Waals surface area contributed by atoms with Crippen LogP contribution in [0, 0.1) is 0 Å². The van der Waals surface area contributed by atoms with Gasteiger partial charge in [0.2, 0.25) is 5.82 Å². The van der Waals surface area contributed by atoms with E-state index < -0.39 is 0 Å². The smallest absolute Gasteiger partial charge is 0.314 e. The Morgan fingerprint density at radius 3 is 2.44 bits per heavy atom. The standard InChI is InChI=1S/C11H14N4O/c1-7(2)8-3-5-9(6-4-8)10-13-11(14-12)16-15-10/h3-7H,12H2,1-2H3,(H,13,14,15). The molecule has 0 radical (unpaired) electrons. The van der Waals surface area contributed by atoms with E-state index in [1.165, 1.54) is 5.56 Å². The first-order valence-electron chi connectivity index (χ1n) is 5.11. The molecule has 0 fully saturated rings. The molecule has 84 valence electrons. The van der Waals surface area contributed by atoms with Crippen LogP contribution in [0.4, 0.5) is 6.01 Å². The van der Waals surface area contributed by atoms with Crippen LogP contribution in [-0.2, 0) is 0 Å². The lowest BCUT2D eigenvalue weighted by molar-refractivity contribution is 0.432. The average Bonchev–Trinajstić information content (AvgIpc) is 2.77. The molecule has 1 aromatic carbocycles. The number of nitrogens with one attached hydrogen (secondary N) is 1. The molecule has 3 N–H and O–H groups in total. The molecular formula is C11H14N4O. The van der Waals surface area contributed by atoms with Gasteiger partial charge in [-0.15, -0.1) is 0 Å². The summed E-state index contributed by atoms with van der Waals surface area (Å²) in [7, 11) is 0. The maximum atomic E-state index is 5.16. The molecular weight excluding hydrogens is 204 g/mol. The largest absolute Gasteiger partial charge is 0.335 e. The second-order valence-electron chi connectivity index (χ2n) is 3.84. The molecule has 2 aromatic rings. The molecule has 0 spiro atoms. The van der Waals surface area contributed by atoms with Gasteiger partial charge in [0.05, 0.1) is 0 Å². The minimum absolute atomic E-state index is 0.211. The Labute approximate surface area is 93.6 Å². The summed E-state index contributed by atoms with van der Waals surface area (Å²) in [5.74, 6) is 6.20. The minimum atomic E-state index is 0.211. The molecule has 16 heavy (non-hydrogen) atoms. The van der Waals surface area contributed by atoms with E-state index in [0.717, 1.165) is 5.56 Å². The fourth-order valence-electron chi connectivity index (χ4n) is 1.42. The van der Waals surface area contributed by atoms with Gasteiger partial charge in [0, 0.05) is 5.56 Å². The summed E-state index contributed by atoms with van der Waals surface area (Å²) in [4.78, 5) is 4.06. The Hall–Kier alpha value is -1.88. The maximum Gasteiger partial charge on any atom is 0.335 e. The van der Waals surface area contributed by atoms with Crippen LogP contribution >= 0.6 is 0 Å². The molecule has 1 aromatic heterocycles. The summed E-state index contributed by atoms with van der Waals surface area (Å²) in [6, 6.07) is 8.28. The van der Waals surface area contributed by atoms with Crippen LogP contribution in [0.1, 0.15) is 25.3 Å². The third-order valence-corrected chi connectivity index (χ3v) is 2.39. The number of anilines is 1. The van der Waals surface area contributed by atoms with E-state index in [9.17, 15) is 0 Å². The van der Waals surface area contributed by atoms with Crippen molar-refractivity contribution in [2.45, 2.75) is 19.8 Å². The molecule has 2 rings (SSSR count). The Kier molecular flexibility index (Phi) is 2.87. The Morgan fingerprint density at radius 1 is 1.25 bits per heavy atom. The van der Waals surface area contributed by atoms with Crippen LogP contribution < -0.4 is 11.3 Å². The van der Waals surface area contributed by atoms with Gasteiger partial charge >= 0.3 is 6.01 Å². The van der Waals surface area contributed by atoms with Gasteiger partial charge in [0.15, 0.2) is 0 Å². The first-order chi connectivity index (χ1) is 7.70. The summed E-state index contributed by atoms with van der Waals surface area (Å²) >= 11 is 0. The lowest BCUT2D eigenvalue weighted by atomic mass is 10.0. The molecule has 1 heterocycles. The first kappa shape index (κ1) is 10.6. The molecule has 0 unspecified atom stereocenters. The highest BCUT2D eigenvalue weighted by molar-refractivity contribution is 5.55. The zero-order chi connectivity index (χ0) is 11.5. The normalized spacial score (nSPS) is 10.8. The molecule has 0 saturated carbocycles.